The first-order chi connectivity index (χ1) is 8.41. The summed E-state index contributed by atoms with van der Waals surface area (Å²) in [6.07, 6.45) is 0. The molecular formula is C12H7BrCl2F2S. The summed E-state index contributed by atoms with van der Waals surface area (Å²) in [5, 5.41) is 2.68. The Morgan fingerprint density at radius 3 is 2.39 bits per heavy atom. The number of rotatable bonds is 2. The zero-order chi connectivity index (χ0) is 13.4. The Kier molecular flexibility index (Phi) is 4.32. The van der Waals surface area contributed by atoms with Crippen LogP contribution in [0.1, 0.15) is 20.8 Å². The van der Waals surface area contributed by atoms with E-state index >= 15 is 0 Å². The molecule has 2 rings (SSSR count). The third kappa shape index (κ3) is 2.57. The SMILES string of the molecule is Cc1csc(C(Br)c2cc(F)c(F)cc2Cl)c1Cl. The zero-order valence-electron chi connectivity index (χ0n) is 9.11. The molecule has 1 atom stereocenters. The van der Waals surface area contributed by atoms with Crippen LogP contribution in [0.25, 0.3) is 0 Å². The van der Waals surface area contributed by atoms with Crippen LogP contribution in [0.5, 0.6) is 0 Å². The molecule has 96 valence electrons. The fourth-order valence-electron chi connectivity index (χ4n) is 1.49. The average molecular weight is 372 g/mol. The third-order valence-electron chi connectivity index (χ3n) is 2.47. The Labute approximate surface area is 126 Å². The van der Waals surface area contributed by atoms with Gasteiger partial charge in [0.15, 0.2) is 11.6 Å². The number of benzene rings is 1. The smallest absolute Gasteiger partial charge is 0.160 e. The molecule has 6 heteroatoms. The summed E-state index contributed by atoms with van der Waals surface area (Å²) in [5.74, 6) is -1.89. The number of alkyl halides is 1. The largest absolute Gasteiger partial charge is 0.204 e. The van der Waals surface area contributed by atoms with Crippen molar-refractivity contribution >= 4 is 50.5 Å². The van der Waals surface area contributed by atoms with Crippen molar-refractivity contribution in [1.29, 1.82) is 0 Å². The molecule has 0 spiro atoms. The molecule has 1 unspecified atom stereocenters. The first-order valence-electron chi connectivity index (χ1n) is 4.93. The van der Waals surface area contributed by atoms with Crippen molar-refractivity contribution in [1.82, 2.24) is 0 Å². The van der Waals surface area contributed by atoms with Crippen LogP contribution < -0.4 is 0 Å². The number of hydrogen-bond donors (Lipinski definition) is 0. The zero-order valence-corrected chi connectivity index (χ0v) is 13.0. The molecular weight excluding hydrogens is 365 g/mol. The highest BCUT2D eigenvalue weighted by Gasteiger charge is 2.21. The summed E-state index contributed by atoms with van der Waals surface area (Å²) in [7, 11) is 0. The van der Waals surface area contributed by atoms with E-state index in [-0.39, 0.29) is 9.85 Å². The van der Waals surface area contributed by atoms with E-state index in [2.05, 4.69) is 15.9 Å². The van der Waals surface area contributed by atoms with Gasteiger partial charge >= 0.3 is 0 Å². The van der Waals surface area contributed by atoms with Gasteiger partial charge in [0.25, 0.3) is 0 Å². The van der Waals surface area contributed by atoms with Crippen molar-refractivity contribution in [2.24, 2.45) is 0 Å². The molecule has 0 N–H and O–H groups in total. The topological polar surface area (TPSA) is 0 Å². The fourth-order valence-corrected chi connectivity index (χ4v) is 4.24. The van der Waals surface area contributed by atoms with Gasteiger partial charge in [-0.25, -0.2) is 8.78 Å². The van der Waals surface area contributed by atoms with Crippen LogP contribution in [-0.4, -0.2) is 0 Å². The van der Waals surface area contributed by atoms with E-state index < -0.39 is 11.6 Å². The van der Waals surface area contributed by atoms with E-state index in [0.29, 0.717) is 10.6 Å². The predicted octanol–water partition coefficient (Wildman–Crippen LogP) is 6.13. The van der Waals surface area contributed by atoms with Gasteiger partial charge in [-0.1, -0.05) is 39.1 Å². The Morgan fingerprint density at radius 2 is 1.83 bits per heavy atom. The molecule has 0 amide bonds. The minimum Gasteiger partial charge on any atom is -0.204 e. The highest BCUT2D eigenvalue weighted by atomic mass is 79.9. The van der Waals surface area contributed by atoms with Crippen molar-refractivity contribution < 1.29 is 8.78 Å². The van der Waals surface area contributed by atoms with E-state index in [0.717, 1.165) is 22.6 Å². The first-order valence-corrected chi connectivity index (χ1v) is 7.49. The van der Waals surface area contributed by atoms with Crippen molar-refractivity contribution in [3.8, 4) is 0 Å². The first kappa shape index (κ1) is 14.3. The molecule has 1 aromatic heterocycles. The van der Waals surface area contributed by atoms with Gasteiger partial charge < -0.3 is 0 Å². The number of thiophene rings is 1. The number of aryl methyl sites for hydroxylation is 1. The summed E-state index contributed by atoms with van der Waals surface area (Å²) >= 11 is 16.9. The van der Waals surface area contributed by atoms with Crippen LogP contribution in [0.15, 0.2) is 17.5 Å². The van der Waals surface area contributed by atoms with Crippen molar-refractivity contribution in [3.05, 3.63) is 55.2 Å². The average Bonchev–Trinajstić information content (AvgIpc) is 2.64. The van der Waals surface area contributed by atoms with Crippen LogP contribution in [0.3, 0.4) is 0 Å². The summed E-state index contributed by atoms with van der Waals surface area (Å²) in [4.78, 5) is 0.466. The van der Waals surface area contributed by atoms with Crippen LogP contribution in [-0.2, 0) is 0 Å². The summed E-state index contributed by atoms with van der Waals surface area (Å²) in [6.45, 7) is 1.88. The van der Waals surface area contributed by atoms with E-state index in [1.165, 1.54) is 11.3 Å². The van der Waals surface area contributed by atoms with Gasteiger partial charge in [-0.15, -0.1) is 11.3 Å². The summed E-state index contributed by atoms with van der Waals surface area (Å²) in [5.41, 5.74) is 1.40. The quantitative estimate of drug-likeness (QED) is 0.440. The van der Waals surface area contributed by atoms with Gasteiger partial charge in [-0.3, -0.25) is 0 Å². The van der Waals surface area contributed by atoms with Gasteiger partial charge in [-0.05, 0) is 35.6 Å². The van der Waals surface area contributed by atoms with Gasteiger partial charge in [0.1, 0.15) is 0 Å². The lowest BCUT2D eigenvalue weighted by Crippen LogP contribution is -1.96. The second-order valence-electron chi connectivity index (χ2n) is 3.75. The normalized spacial score (nSPS) is 12.8. The van der Waals surface area contributed by atoms with Gasteiger partial charge in [-0.2, -0.15) is 0 Å². The third-order valence-corrected chi connectivity index (χ3v) is 5.83. The maximum atomic E-state index is 13.3. The molecule has 0 aliphatic carbocycles. The molecule has 0 aliphatic heterocycles. The lowest BCUT2D eigenvalue weighted by Gasteiger charge is -2.12. The Morgan fingerprint density at radius 1 is 1.22 bits per heavy atom. The van der Waals surface area contributed by atoms with Crippen molar-refractivity contribution in [2.45, 2.75) is 11.8 Å². The second-order valence-corrected chi connectivity index (χ2v) is 6.36. The molecule has 1 heterocycles. The number of hydrogen-bond acceptors (Lipinski definition) is 1. The van der Waals surface area contributed by atoms with Crippen molar-refractivity contribution in [2.75, 3.05) is 0 Å². The highest BCUT2D eigenvalue weighted by Crippen LogP contribution is 2.43. The summed E-state index contributed by atoms with van der Waals surface area (Å²) in [6, 6.07) is 2.05. The highest BCUT2D eigenvalue weighted by molar-refractivity contribution is 9.09. The number of halogens is 5. The van der Waals surface area contributed by atoms with Gasteiger partial charge in [0.05, 0.1) is 9.85 Å². The maximum absolute atomic E-state index is 13.3. The monoisotopic (exact) mass is 370 g/mol. The molecule has 0 radical (unpaired) electrons. The van der Waals surface area contributed by atoms with E-state index in [4.69, 9.17) is 23.2 Å². The molecule has 0 saturated carbocycles. The molecule has 0 nitrogen and oxygen atoms in total. The lowest BCUT2D eigenvalue weighted by molar-refractivity contribution is 0.507. The fraction of sp³-hybridized carbons (Fsp3) is 0.167. The molecule has 0 fully saturated rings. The minimum absolute atomic E-state index is 0.165. The molecule has 0 saturated heterocycles. The molecule has 0 bridgehead atoms. The minimum atomic E-state index is -0.961. The molecule has 0 aliphatic rings. The van der Waals surface area contributed by atoms with E-state index in [1.807, 2.05) is 12.3 Å². The Balaban J connectivity index is 2.49. The molecule has 1 aromatic carbocycles. The van der Waals surface area contributed by atoms with Crippen LogP contribution in [0.2, 0.25) is 10.0 Å². The second kappa shape index (κ2) is 5.45. The van der Waals surface area contributed by atoms with Crippen LogP contribution in [0, 0.1) is 18.6 Å². The van der Waals surface area contributed by atoms with Crippen LogP contribution >= 0.6 is 50.5 Å². The van der Waals surface area contributed by atoms with Gasteiger partial charge in [0, 0.05) is 9.90 Å². The van der Waals surface area contributed by atoms with E-state index in [9.17, 15) is 8.78 Å². The van der Waals surface area contributed by atoms with E-state index in [1.54, 1.807) is 0 Å². The molecule has 18 heavy (non-hydrogen) atoms. The lowest BCUT2D eigenvalue weighted by atomic mass is 10.1. The van der Waals surface area contributed by atoms with Crippen LogP contribution in [0.4, 0.5) is 8.78 Å². The molecule has 2 aromatic rings. The Hall–Kier alpha value is -0.160. The van der Waals surface area contributed by atoms with Crippen molar-refractivity contribution in [3.63, 3.8) is 0 Å². The van der Waals surface area contributed by atoms with Gasteiger partial charge in [0.2, 0.25) is 0 Å². The predicted molar refractivity (Wildman–Crippen MR) is 76.2 cm³/mol. The maximum Gasteiger partial charge on any atom is 0.160 e. The summed E-state index contributed by atoms with van der Waals surface area (Å²) < 4.78 is 26.3. The Bertz CT molecular complexity index is 598. The standard InChI is InChI=1S/C12H7BrCl2F2S/c1-5-4-18-12(11(5)15)10(13)6-2-8(16)9(17)3-7(6)14/h2-4,10H,1H3.